The van der Waals surface area contributed by atoms with Crippen molar-refractivity contribution in [2.24, 2.45) is 0 Å². The minimum absolute atomic E-state index is 0.126. The molecule has 0 saturated carbocycles. The number of likely N-dealkylation sites (N-methyl/N-ethyl adjacent to an activating group) is 1. The van der Waals surface area contributed by atoms with Crippen molar-refractivity contribution in [2.45, 2.75) is 13.3 Å². The molecule has 0 atom stereocenters. The van der Waals surface area contributed by atoms with Crippen LogP contribution in [0.5, 0.6) is 0 Å². The van der Waals surface area contributed by atoms with Gasteiger partial charge in [0, 0.05) is 13.6 Å². The maximum absolute atomic E-state index is 11.1. The average Bonchev–Trinajstić information content (AvgIpc) is 1.88. The van der Waals surface area contributed by atoms with Crippen molar-refractivity contribution in [3.05, 3.63) is 0 Å². The summed E-state index contributed by atoms with van der Waals surface area (Å²) in [6.07, 6.45) is 0.609. The van der Waals surface area contributed by atoms with Gasteiger partial charge in [-0.1, -0.05) is 6.92 Å². The Kier molecular flexibility index (Phi) is 4.63. The number of rotatable bonds is 5. The van der Waals surface area contributed by atoms with E-state index >= 15 is 0 Å². The van der Waals surface area contributed by atoms with Gasteiger partial charge < -0.3 is 5.11 Å². The molecule has 0 unspecified atom stereocenters. The minimum atomic E-state index is -3.10. The predicted molar refractivity (Wildman–Crippen MR) is 43.8 cm³/mol. The van der Waals surface area contributed by atoms with E-state index in [0.29, 0.717) is 6.42 Å². The smallest absolute Gasteiger partial charge is 0.213 e. The summed E-state index contributed by atoms with van der Waals surface area (Å²) in [4.78, 5) is 0. The van der Waals surface area contributed by atoms with Crippen molar-refractivity contribution >= 4 is 10.0 Å². The summed E-state index contributed by atoms with van der Waals surface area (Å²) in [6.45, 7) is 1.87. The van der Waals surface area contributed by atoms with Gasteiger partial charge in [0.25, 0.3) is 0 Å². The van der Waals surface area contributed by atoms with Gasteiger partial charge in [0.2, 0.25) is 10.0 Å². The highest BCUT2D eigenvalue weighted by Crippen LogP contribution is 1.98. The Labute approximate surface area is 67.9 Å². The second-order valence-corrected chi connectivity index (χ2v) is 4.56. The Morgan fingerprint density at radius 2 is 2.00 bits per heavy atom. The lowest BCUT2D eigenvalue weighted by Gasteiger charge is -2.14. The fourth-order valence-corrected chi connectivity index (χ4v) is 1.88. The molecular formula is C6H15NO3S. The van der Waals surface area contributed by atoms with Crippen LogP contribution < -0.4 is 0 Å². The number of aliphatic hydroxyl groups excluding tert-OH is 1. The van der Waals surface area contributed by atoms with Crippen LogP contribution in [-0.2, 0) is 10.0 Å². The maximum atomic E-state index is 11.1. The number of hydrogen-bond donors (Lipinski definition) is 1. The Morgan fingerprint density at radius 1 is 1.45 bits per heavy atom. The monoisotopic (exact) mass is 181 g/mol. The zero-order valence-electron chi connectivity index (χ0n) is 6.95. The molecule has 0 aliphatic carbocycles. The Bertz CT molecular complexity index is 188. The van der Waals surface area contributed by atoms with Crippen molar-refractivity contribution in [3.63, 3.8) is 0 Å². The Balaban J connectivity index is 4.07. The summed E-state index contributed by atoms with van der Waals surface area (Å²) < 4.78 is 23.4. The lowest BCUT2D eigenvalue weighted by atomic mass is 10.6. The maximum Gasteiger partial charge on any atom is 0.213 e. The van der Waals surface area contributed by atoms with E-state index in [2.05, 4.69) is 0 Å². The molecule has 5 heteroatoms. The first-order chi connectivity index (χ1) is 5.04. The highest BCUT2D eigenvalue weighted by Gasteiger charge is 2.14. The quantitative estimate of drug-likeness (QED) is 0.630. The molecule has 0 spiro atoms. The molecule has 68 valence electrons. The fraction of sp³-hybridized carbons (Fsp3) is 1.00. The zero-order chi connectivity index (χ0) is 8.91. The van der Waals surface area contributed by atoms with E-state index in [1.165, 1.54) is 11.4 Å². The van der Waals surface area contributed by atoms with Gasteiger partial charge in [-0.2, -0.15) is 0 Å². The third-order valence-corrected chi connectivity index (χ3v) is 3.41. The third-order valence-electron chi connectivity index (χ3n) is 1.35. The van der Waals surface area contributed by atoms with Crippen LogP contribution in [0.4, 0.5) is 0 Å². The van der Waals surface area contributed by atoms with Crippen LogP contribution in [0.3, 0.4) is 0 Å². The summed E-state index contributed by atoms with van der Waals surface area (Å²) in [5, 5.41) is 8.46. The van der Waals surface area contributed by atoms with Crippen LogP contribution in [0.25, 0.3) is 0 Å². The van der Waals surface area contributed by atoms with Crippen LogP contribution in [0.2, 0.25) is 0 Å². The average molecular weight is 181 g/mol. The van der Waals surface area contributed by atoms with Gasteiger partial charge in [-0.25, -0.2) is 12.7 Å². The number of nitrogens with zero attached hydrogens (tertiary/aromatic N) is 1. The van der Waals surface area contributed by atoms with Gasteiger partial charge in [0.1, 0.15) is 0 Å². The van der Waals surface area contributed by atoms with Crippen molar-refractivity contribution < 1.29 is 13.5 Å². The number of sulfonamides is 1. The lowest BCUT2D eigenvalue weighted by molar-refractivity contribution is 0.266. The highest BCUT2D eigenvalue weighted by molar-refractivity contribution is 7.89. The van der Waals surface area contributed by atoms with Crippen molar-refractivity contribution in [1.29, 1.82) is 0 Å². The zero-order valence-corrected chi connectivity index (χ0v) is 7.76. The summed E-state index contributed by atoms with van der Waals surface area (Å²) in [6, 6.07) is 0. The summed E-state index contributed by atoms with van der Waals surface area (Å²) in [5.41, 5.74) is 0. The predicted octanol–water partition coefficient (Wildman–Crippen LogP) is -0.350. The van der Waals surface area contributed by atoms with E-state index in [-0.39, 0.29) is 18.9 Å². The SMILES string of the molecule is CCCS(=O)(=O)N(C)CCO. The van der Waals surface area contributed by atoms with Crippen LogP contribution in [-0.4, -0.2) is 43.8 Å². The third kappa shape index (κ3) is 3.69. The van der Waals surface area contributed by atoms with Gasteiger partial charge in [-0.3, -0.25) is 0 Å². The van der Waals surface area contributed by atoms with Gasteiger partial charge in [0.05, 0.1) is 12.4 Å². The van der Waals surface area contributed by atoms with Crippen molar-refractivity contribution in [1.82, 2.24) is 4.31 Å². The molecule has 4 nitrogen and oxygen atoms in total. The van der Waals surface area contributed by atoms with E-state index in [4.69, 9.17) is 5.11 Å². The molecule has 0 radical (unpaired) electrons. The Morgan fingerprint density at radius 3 is 2.36 bits per heavy atom. The van der Waals surface area contributed by atoms with Crippen LogP contribution in [0.1, 0.15) is 13.3 Å². The number of hydrogen-bond acceptors (Lipinski definition) is 3. The standard InChI is InChI=1S/C6H15NO3S/c1-3-6-11(9,10)7(2)4-5-8/h8H,3-6H2,1-2H3. The van der Waals surface area contributed by atoms with E-state index in [1.807, 2.05) is 6.92 Å². The fourth-order valence-electron chi connectivity index (χ4n) is 0.694. The molecule has 0 bridgehead atoms. The molecule has 0 fully saturated rings. The highest BCUT2D eigenvalue weighted by atomic mass is 32.2. The largest absolute Gasteiger partial charge is 0.395 e. The molecule has 0 saturated heterocycles. The number of aliphatic hydroxyl groups is 1. The second-order valence-electron chi connectivity index (χ2n) is 2.36. The van der Waals surface area contributed by atoms with Crippen LogP contribution in [0, 0.1) is 0 Å². The molecular weight excluding hydrogens is 166 g/mol. The second kappa shape index (κ2) is 4.69. The summed E-state index contributed by atoms with van der Waals surface area (Å²) in [5.74, 6) is 0.156. The molecule has 11 heavy (non-hydrogen) atoms. The van der Waals surface area contributed by atoms with E-state index < -0.39 is 10.0 Å². The lowest BCUT2D eigenvalue weighted by Crippen LogP contribution is -2.31. The van der Waals surface area contributed by atoms with Crippen molar-refractivity contribution in [2.75, 3.05) is 26.0 Å². The van der Waals surface area contributed by atoms with Crippen LogP contribution >= 0.6 is 0 Å². The first-order valence-corrected chi connectivity index (χ1v) is 5.20. The molecule has 0 aliphatic heterocycles. The van der Waals surface area contributed by atoms with Gasteiger partial charge in [-0.05, 0) is 6.42 Å². The van der Waals surface area contributed by atoms with E-state index in [1.54, 1.807) is 0 Å². The molecule has 0 aromatic carbocycles. The molecule has 0 rings (SSSR count). The minimum Gasteiger partial charge on any atom is -0.395 e. The Hall–Kier alpha value is -0.130. The van der Waals surface area contributed by atoms with Crippen molar-refractivity contribution in [3.8, 4) is 0 Å². The molecule has 0 heterocycles. The normalized spacial score (nSPS) is 12.4. The van der Waals surface area contributed by atoms with Gasteiger partial charge in [0.15, 0.2) is 0 Å². The first kappa shape index (κ1) is 10.9. The molecule has 0 amide bonds. The van der Waals surface area contributed by atoms with Gasteiger partial charge >= 0.3 is 0 Å². The molecule has 0 aliphatic rings. The van der Waals surface area contributed by atoms with E-state index in [0.717, 1.165) is 0 Å². The topological polar surface area (TPSA) is 57.6 Å². The first-order valence-electron chi connectivity index (χ1n) is 3.59. The molecule has 0 aromatic heterocycles. The molecule has 1 N–H and O–H groups in total. The van der Waals surface area contributed by atoms with Crippen LogP contribution in [0.15, 0.2) is 0 Å². The summed E-state index contributed by atoms with van der Waals surface area (Å²) in [7, 11) is -1.63. The van der Waals surface area contributed by atoms with Gasteiger partial charge in [-0.15, -0.1) is 0 Å². The van der Waals surface area contributed by atoms with E-state index in [9.17, 15) is 8.42 Å². The molecule has 0 aromatic rings. The summed E-state index contributed by atoms with van der Waals surface area (Å²) >= 11 is 0.